The number of aromatic amines is 1. The minimum atomic E-state index is -0.107. The van der Waals surface area contributed by atoms with Gasteiger partial charge in [0.2, 0.25) is 0 Å². The maximum Gasteiger partial charge on any atom is 0.287 e. The Labute approximate surface area is 75.8 Å². The van der Waals surface area contributed by atoms with E-state index in [1.54, 1.807) is 12.3 Å². The van der Waals surface area contributed by atoms with Crippen molar-refractivity contribution in [3.63, 3.8) is 0 Å². The van der Waals surface area contributed by atoms with Crippen LogP contribution >= 0.6 is 0 Å². The molecule has 0 spiro atoms. The van der Waals surface area contributed by atoms with Gasteiger partial charge in [-0.05, 0) is 6.07 Å². The molecular formula is C8H12N4O. The van der Waals surface area contributed by atoms with Gasteiger partial charge in [0.05, 0.1) is 0 Å². The van der Waals surface area contributed by atoms with Crippen molar-refractivity contribution in [3.05, 3.63) is 22.6 Å². The minimum absolute atomic E-state index is 0.107. The third kappa shape index (κ3) is 1.70. The number of nitrogens with zero attached hydrogens (tertiary/aromatic N) is 2. The third-order valence-electron chi connectivity index (χ3n) is 2.16. The van der Waals surface area contributed by atoms with E-state index in [-0.39, 0.29) is 5.56 Å². The molecule has 1 saturated heterocycles. The van der Waals surface area contributed by atoms with Gasteiger partial charge in [-0.2, -0.15) is 5.10 Å². The molecule has 0 aliphatic carbocycles. The summed E-state index contributed by atoms with van der Waals surface area (Å²) in [6, 6.07) is 1.75. The van der Waals surface area contributed by atoms with Crippen LogP contribution in [0.25, 0.3) is 0 Å². The Balaban J connectivity index is 2.24. The Morgan fingerprint density at radius 3 is 2.85 bits per heavy atom. The quantitative estimate of drug-likeness (QED) is 0.592. The SMILES string of the molecule is O=c1[nH]nccc1N1CCNCC1. The summed E-state index contributed by atoms with van der Waals surface area (Å²) in [7, 11) is 0. The minimum Gasteiger partial charge on any atom is -0.364 e. The van der Waals surface area contributed by atoms with Crippen LogP contribution in [0, 0.1) is 0 Å². The largest absolute Gasteiger partial charge is 0.364 e. The Kier molecular flexibility index (Phi) is 2.27. The lowest BCUT2D eigenvalue weighted by atomic mass is 10.3. The van der Waals surface area contributed by atoms with Crippen LogP contribution in [0.5, 0.6) is 0 Å². The van der Waals surface area contributed by atoms with E-state index in [2.05, 4.69) is 20.4 Å². The topological polar surface area (TPSA) is 61.0 Å². The predicted molar refractivity (Wildman–Crippen MR) is 49.9 cm³/mol. The van der Waals surface area contributed by atoms with E-state index in [0.29, 0.717) is 0 Å². The van der Waals surface area contributed by atoms with E-state index < -0.39 is 0 Å². The molecule has 0 bridgehead atoms. The highest BCUT2D eigenvalue weighted by atomic mass is 16.1. The fourth-order valence-electron chi connectivity index (χ4n) is 1.49. The highest BCUT2D eigenvalue weighted by Gasteiger charge is 2.12. The van der Waals surface area contributed by atoms with E-state index in [9.17, 15) is 4.79 Å². The molecule has 0 radical (unpaired) electrons. The van der Waals surface area contributed by atoms with Gasteiger partial charge in [0.25, 0.3) is 5.56 Å². The summed E-state index contributed by atoms with van der Waals surface area (Å²) in [5, 5.41) is 9.32. The first-order valence-corrected chi connectivity index (χ1v) is 4.37. The molecule has 0 amide bonds. The number of H-pyrrole nitrogens is 1. The molecule has 0 aromatic carbocycles. The van der Waals surface area contributed by atoms with Crippen LogP contribution in [-0.4, -0.2) is 36.4 Å². The van der Waals surface area contributed by atoms with E-state index >= 15 is 0 Å². The summed E-state index contributed by atoms with van der Waals surface area (Å²) in [5.41, 5.74) is 0.612. The Bertz CT molecular complexity index is 329. The first-order chi connectivity index (χ1) is 6.38. The van der Waals surface area contributed by atoms with Crippen LogP contribution in [0.1, 0.15) is 0 Å². The van der Waals surface area contributed by atoms with Gasteiger partial charge in [-0.15, -0.1) is 0 Å². The third-order valence-corrected chi connectivity index (χ3v) is 2.16. The number of hydrogen-bond acceptors (Lipinski definition) is 4. The summed E-state index contributed by atoms with van der Waals surface area (Å²) in [4.78, 5) is 13.4. The van der Waals surface area contributed by atoms with Gasteiger partial charge in [-0.1, -0.05) is 0 Å². The van der Waals surface area contributed by atoms with E-state index in [4.69, 9.17) is 0 Å². The van der Waals surface area contributed by atoms with Crippen molar-refractivity contribution in [2.24, 2.45) is 0 Å². The Morgan fingerprint density at radius 1 is 1.38 bits per heavy atom. The highest BCUT2D eigenvalue weighted by Crippen LogP contribution is 2.05. The summed E-state index contributed by atoms with van der Waals surface area (Å²) in [6.45, 7) is 3.63. The lowest BCUT2D eigenvalue weighted by Gasteiger charge is -2.28. The van der Waals surface area contributed by atoms with Crippen molar-refractivity contribution >= 4 is 5.69 Å². The first-order valence-electron chi connectivity index (χ1n) is 4.37. The lowest BCUT2D eigenvalue weighted by molar-refractivity contribution is 0.587. The molecule has 0 atom stereocenters. The number of anilines is 1. The number of hydrogen-bond donors (Lipinski definition) is 2. The molecule has 1 aromatic heterocycles. The van der Waals surface area contributed by atoms with Crippen LogP contribution < -0.4 is 15.8 Å². The van der Waals surface area contributed by atoms with Crippen LogP contribution in [-0.2, 0) is 0 Å². The fraction of sp³-hybridized carbons (Fsp3) is 0.500. The summed E-state index contributed by atoms with van der Waals surface area (Å²) >= 11 is 0. The molecule has 1 aliphatic rings. The monoisotopic (exact) mass is 180 g/mol. The maximum absolute atomic E-state index is 11.3. The maximum atomic E-state index is 11.3. The molecular weight excluding hydrogens is 168 g/mol. The molecule has 2 rings (SSSR count). The molecule has 1 fully saturated rings. The standard InChI is InChI=1S/C8H12N4O/c13-8-7(1-2-10-11-8)12-5-3-9-4-6-12/h1-2,9H,3-6H2,(H,11,13). The molecule has 0 unspecified atom stereocenters. The van der Waals surface area contributed by atoms with Crippen LogP contribution in [0.15, 0.2) is 17.1 Å². The summed E-state index contributed by atoms with van der Waals surface area (Å²) < 4.78 is 0. The van der Waals surface area contributed by atoms with Gasteiger partial charge in [-0.3, -0.25) is 4.79 Å². The Morgan fingerprint density at radius 2 is 2.15 bits per heavy atom. The normalized spacial score (nSPS) is 17.4. The predicted octanol–water partition coefficient (Wildman–Crippen LogP) is -0.821. The van der Waals surface area contributed by atoms with Gasteiger partial charge in [0.15, 0.2) is 0 Å². The molecule has 2 heterocycles. The lowest BCUT2D eigenvalue weighted by Crippen LogP contribution is -2.45. The van der Waals surface area contributed by atoms with Gasteiger partial charge >= 0.3 is 0 Å². The van der Waals surface area contributed by atoms with Crippen LogP contribution in [0.3, 0.4) is 0 Å². The van der Waals surface area contributed by atoms with Crippen LogP contribution in [0.4, 0.5) is 5.69 Å². The fourth-order valence-corrected chi connectivity index (χ4v) is 1.49. The zero-order chi connectivity index (χ0) is 9.10. The van der Waals surface area contributed by atoms with E-state index in [1.165, 1.54) is 0 Å². The zero-order valence-corrected chi connectivity index (χ0v) is 7.29. The molecule has 5 nitrogen and oxygen atoms in total. The van der Waals surface area contributed by atoms with Gasteiger partial charge in [-0.25, -0.2) is 5.10 Å². The van der Waals surface area contributed by atoms with Crippen molar-refractivity contribution < 1.29 is 0 Å². The average Bonchev–Trinajstić information content (AvgIpc) is 2.20. The number of rotatable bonds is 1. The highest BCUT2D eigenvalue weighted by molar-refractivity contribution is 5.43. The summed E-state index contributed by atoms with van der Waals surface area (Å²) in [6.07, 6.45) is 1.61. The van der Waals surface area contributed by atoms with Crippen LogP contribution in [0.2, 0.25) is 0 Å². The van der Waals surface area contributed by atoms with Crippen molar-refractivity contribution in [1.82, 2.24) is 15.5 Å². The number of aromatic nitrogens is 2. The van der Waals surface area contributed by atoms with Crippen molar-refractivity contribution in [1.29, 1.82) is 0 Å². The van der Waals surface area contributed by atoms with Gasteiger partial charge in [0, 0.05) is 32.4 Å². The average molecular weight is 180 g/mol. The molecule has 1 aromatic rings. The molecule has 70 valence electrons. The summed E-state index contributed by atoms with van der Waals surface area (Å²) in [5.74, 6) is 0. The van der Waals surface area contributed by atoms with E-state index in [1.807, 2.05) is 0 Å². The molecule has 2 N–H and O–H groups in total. The van der Waals surface area contributed by atoms with E-state index in [0.717, 1.165) is 31.9 Å². The second-order valence-corrected chi connectivity index (χ2v) is 3.01. The Hall–Kier alpha value is -1.36. The molecule has 13 heavy (non-hydrogen) atoms. The van der Waals surface area contributed by atoms with Gasteiger partial charge in [0.1, 0.15) is 5.69 Å². The molecule has 0 saturated carbocycles. The molecule has 5 heteroatoms. The van der Waals surface area contributed by atoms with Gasteiger partial charge < -0.3 is 10.2 Å². The van der Waals surface area contributed by atoms with Crippen molar-refractivity contribution in [2.45, 2.75) is 0 Å². The number of piperazine rings is 1. The first kappa shape index (κ1) is 8.25. The molecule has 1 aliphatic heterocycles. The zero-order valence-electron chi connectivity index (χ0n) is 7.29. The number of nitrogens with one attached hydrogen (secondary N) is 2. The van der Waals surface area contributed by atoms with Crippen molar-refractivity contribution in [3.8, 4) is 0 Å². The smallest absolute Gasteiger partial charge is 0.287 e. The second-order valence-electron chi connectivity index (χ2n) is 3.01. The second kappa shape index (κ2) is 3.57. The van der Waals surface area contributed by atoms with Crippen molar-refractivity contribution in [2.75, 3.05) is 31.1 Å².